The van der Waals surface area contributed by atoms with E-state index in [0.717, 1.165) is 10.9 Å². The number of fused-ring (bicyclic) bond motifs is 1. The largest absolute Gasteiger partial charge is 0.387 e. The van der Waals surface area contributed by atoms with Gasteiger partial charge in [0.1, 0.15) is 6.10 Å². The zero-order chi connectivity index (χ0) is 12.5. The number of aliphatic hydroxyl groups excluding tert-OH is 1. The van der Waals surface area contributed by atoms with Crippen LogP contribution in [0.15, 0.2) is 36.5 Å². The summed E-state index contributed by atoms with van der Waals surface area (Å²) >= 11 is 0. The lowest BCUT2D eigenvalue weighted by atomic mass is 9.91. The fourth-order valence-electron chi connectivity index (χ4n) is 1.79. The number of nitrogens with zero attached hydrogens (tertiary/aromatic N) is 1. The maximum absolute atomic E-state index is 10.1. The molecule has 0 saturated carbocycles. The van der Waals surface area contributed by atoms with Crippen LogP contribution in [0.1, 0.15) is 31.9 Å². The molecule has 1 aromatic carbocycles. The molecule has 0 spiro atoms. The third kappa shape index (κ3) is 2.30. The summed E-state index contributed by atoms with van der Waals surface area (Å²) in [6.45, 7) is 3.48. The van der Waals surface area contributed by atoms with Crippen LogP contribution in [0.4, 0.5) is 0 Å². The molecule has 0 fully saturated rings. The first-order valence-electron chi connectivity index (χ1n) is 5.79. The van der Waals surface area contributed by atoms with Gasteiger partial charge in [-0.15, -0.1) is 0 Å². The van der Waals surface area contributed by atoms with Gasteiger partial charge in [0, 0.05) is 17.1 Å². The van der Waals surface area contributed by atoms with E-state index in [4.69, 9.17) is 0 Å². The van der Waals surface area contributed by atoms with Crippen LogP contribution in [-0.2, 0) is 0 Å². The molecule has 3 heteroatoms. The smallest absolute Gasteiger partial charge is 0.109 e. The molecular formula is C14H17NO2. The molecule has 2 unspecified atom stereocenters. The Balaban J connectivity index is 2.43. The summed E-state index contributed by atoms with van der Waals surface area (Å²) in [6.07, 6.45) is 1.20. The van der Waals surface area contributed by atoms with Crippen molar-refractivity contribution in [3.63, 3.8) is 0 Å². The molecule has 0 amide bonds. The molecule has 0 saturated heterocycles. The second kappa shape index (κ2) is 4.43. The fraction of sp³-hybridized carbons (Fsp3) is 0.357. The summed E-state index contributed by atoms with van der Waals surface area (Å²) in [5, 5.41) is 21.1. The van der Waals surface area contributed by atoms with Crippen LogP contribution in [0.25, 0.3) is 10.9 Å². The minimum absolute atomic E-state index is 0.487. The van der Waals surface area contributed by atoms with Gasteiger partial charge in [0.2, 0.25) is 0 Å². The van der Waals surface area contributed by atoms with Crippen LogP contribution >= 0.6 is 0 Å². The Hall–Kier alpha value is -1.45. The molecule has 2 aromatic rings. The highest BCUT2D eigenvalue weighted by Crippen LogP contribution is 2.29. The number of aromatic nitrogens is 1. The van der Waals surface area contributed by atoms with Gasteiger partial charge in [-0.3, -0.25) is 4.98 Å². The zero-order valence-corrected chi connectivity index (χ0v) is 10.1. The van der Waals surface area contributed by atoms with E-state index in [2.05, 4.69) is 4.98 Å². The van der Waals surface area contributed by atoms with E-state index in [1.165, 1.54) is 0 Å². The molecule has 2 N–H and O–H groups in total. The van der Waals surface area contributed by atoms with Crippen molar-refractivity contribution >= 4 is 10.9 Å². The molecule has 90 valence electrons. The van der Waals surface area contributed by atoms with Gasteiger partial charge in [-0.1, -0.05) is 25.1 Å². The number of hydrogen-bond acceptors (Lipinski definition) is 3. The molecule has 17 heavy (non-hydrogen) atoms. The Kier molecular flexibility index (Phi) is 3.13. The average Bonchev–Trinajstić information content (AvgIpc) is 2.37. The minimum atomic E-state index is -1.12. The van der Waals surface area contributed by atoms with Gasteiger partial charge in [0.05, 0.1) is 11.1 Å². The van der Waals surface area contributed by atoms with Crippen molar-refractivity contribution in [3.05, 3.63) is 42.1 Å². The van der Waals surface area contributed by atoms with Crippen LogP contribution in [0.2, 0.25) is 0 Å². The first kappa shape index (κ1) is 12.0. The second-order valence-electron chi connectivity index (χ2n) is 4.57. The normalized spacial score (nSPS) is 16.7. The van der Waals surface area contributed by atoms with Crippen molar-refractivity contribution in [2.24, 2.45) is 0 Å². The minimum Gasteiger partial charge on any atom is -0.387 e. The molecule has 2 rings (SSSR count). The summed E-state index contributed by atoms with van der Waals surface area (Å²) in [7, 11) is 0. The number of rotatable bonds is 3. The molecule has 0 bridgehead atoms. The number of para-hydroxylation sites is 1. The van der Waals surface area contributed by atoms with E-state index in [1.54, 1.807) is 13.1 Å². The zero-order valence-electron chi connectivity index (χ0n) is 10.1. The predicted molar refractivity (Wildman–Crippen MR) is 67.6 cm³/mol. The lowest BCUT2D eigenvalue weighted by molar-refractivity contribution is -0.0659. The number of aliphatic hydroxyl groups is 2. The van der Waals surface area contributed by atoms with E-state index >= 15 is 0 Å². The van der Waals surface area contributed by atoms with Crippen molar-refractivity contribution in [3.8, 4) is 0 Å². The molecule has 1 aromatic heterocycles. The summed E-state index contributed by atoms with van der Waals surface area (Å²) in [4.78, 5) is 4.28. The van der Waals surface area contributed by atoms with Gasteiger partial charge in [-0.25, -0.2) is 0 Å². The van der Waals surface area contributed by atoms with E-state index in [1.807, 2.05) is 37.3 Å². The first-order valence-corrected chi connectivity index (χ1v) is 5.79. The quantitative estimate of drug-likeness (QED) is 0.853. The third-order valence-corrected chi connectivity index (χ3v) is 3.23. The lowest BCUT2D eigenvalue weighted by Crippen LogP contribution is -2.31. The molecule has 3 nitrogen and oxygen atoms in total. The summed E-state index contributed by atoms with van der Waals surface area (Å²) in [6, 6.07) is 9.59. The standard InChI is InChI=1S/C14H17NO2/c1-3-14(2,17)13(16)11-8-10-6-4-5-7-12(10)15-9-11/h4-9,13,16-17H,3H2,1-2H3. The third-order valence-electron chi connectivity index (χ3n) is 3.23. The molecule has 0 aliphatic carbocycles. The monoisotopic (exact) mass is 231 g/mol. The van der Waals surface area contributed by atoms with Crippen LogP contribution in [0.5, 0.6) is 0 Å². The summed E-state index contributed by atoms with van der Waals surface area (Å²) in [5.74, 6) is 0. The van der Waals surface area contributed by atoms with E-state index in [-0.39, 0.29) is 0 Å². The maximum Gasteiger partial charge on any atom is 0.109 e. The Bertz CT molecular complexity index is 522. The van der Waals surface area contributed by atoms with Crippen LogP contribution in [-0.4, -0.2) is 20.8 Å². The number of benzene rings is 1. The van der Waals surface area contributed by atoms with E-state index in [9.17, 15) is 10.2 Å². The van der Waals surface area contributed by atoms with Crippen molar-refractivity contribution in [1.29, 1.82) is 0 Å². The summed E-state index contributed by atoms with van der Waals surface area (Å²) < 4.78 is 0. The lowest BCUT2D eigenvalue weighted by Gasteiger charge is -2.27. The fourth-order valence-corrected chi connectivity index (χ4v) is 1.79. The van der Waals surface area contributed by atoms with Gasteiger partial charge < -0.3 is 10.2 Å². The molecule has 2 atom stereocenters. The van der Waals surface area contributed by atoms with Crippen molar-refractivity contribution in [1.82, 2.24) is 4.98 Å². The number of pyridine rings is 1. The Morgan fingerprint density at radius 1 is 1.35 bits per heavy atom. The Labute approximate surface area is 101 Å². The highest BCUT2D eigenvalue weighted by Gasteiger charge is 2.29. The van der Waals surface area contributed by atoms with Crippen LogP contribution < -0.4 is 0 Å². The highest BCUT2D eigenvalue weighted by atomic mass is 16.3. The number of hydrogen-bond donors (Lipinski definition) is 2. The van der Waals surface area contributed by atoms with Crippen LogP contribution in [0, 0.1) is 0 Å². The highest BCUT2D eigenvalue weighted by molar-refractivity contribution is 5.78. The SMILES string of the molecule is CCC(C)(O)C(O)c1cnc2ccccc2c1. The van der Waals surface area contributed by atoms with Crippen molar-refractivity contribution in [2.45, 2.75) is 32.0 Å². The predicted octanol–water partition coefficient (Wildman–Crippen LogP) is 2.43. The molecule has 0 aliphatic rings. The van der Waals surface area contributed by atoms with E-state index < -0.39 is 11.7 Å². The molecule has 1 heterocycles. The molecular weight excluding hydrogens is 214 g/mol. The van der Waals surface area contributed by atoms with Crippen molar-refractivity contribution in [2.75, 3.05) is 0 Å². The topological polar surface area (TPSA) is 53.4 Å². The van der Waals surface area contributed by atoms with Gasteiger partial charge >= 0.3 is 0 Å². The summed E-state index contributed by atoms with van der Waals surface area (Å²) in [5.41, 5.74) is 0.416. The Morgan fingerprint density at radius 2 is 2.06 bits per heavy atom. The van der Waals surface area contributed by atoms with Crippen LogP contribution in [0.3, 0.4) is 0 Å². The van der Waals surface area contributed by atoms with Gasteiger partial charge in [-0.2, -0.15) is 0 Å². The molecule has 0 radical (unpaired) electrons. The Morgan fingerprint density at radius 3 is 2.76 bits per heavy atom. The van der Waals surface area contributed by atoms with Crippen molar-refractivity contribution < 1.29 is 10.2 Å². The van der Waals surface area contributed by atoms with Gasteiger partial charge in [0.15, 0.2) is 0 Å². The maximum atomic E-state index is 10.1. The van der Waals surface area contributed by atoms with Gasteiger partial charge in [-0.05, 0) is 25.5 Å². The molecule has 0 aliphatic heterocycles. The van der Waals surface area contributed by atoms with Gasteiger partial charge in [0.25, 0.3) is 0 Å². The second-order valence-corrected chi connectivity index (χ2v) is 4.57. The first-order chi connectivity index (χ1) is 8.04. The van der Waals surface area contributed by atoms with E-state index in [0.29, 0.717) is 12.0 Å². The average molecular weight is 231 g/mol.